The average molecular weight is 344 g/mol. The molecule has 0 fully saturated rings. The number of carbonyl (C=O) groups is 1. The van der Waals surface area contributed by atoms with Crippen LogP contribution in [0.5, 0.6) is 11.5 Å². The number of rotatable bonds is 2. The summed E-state index contributed by atoms with van der Waals surface area (Å²) in [6, 6.07) is 13.4. The zero-order chi connectivity index (χ0) is 16.5. The van der Waals surface area contributed by atoms with Gasteiger partial charge in [-0.15, -0.1) is 0 Å². The van der Waals surface area contributed by atoms with Crippen LogP contribution in [0.15, 0.2) is 42.5 Å². The number of para-hydroxylation sites is 1. The van der Waals surface area contributed by atoms with E-state index in [2.05, 4.69) is 5.32 Å². The Bertz CT molecular complexity index is 777. The van der Waals surface area contributed by atoms with E-state index in [0.29, 0.717) is 24.7 Å². The van der Waals surface area contributed by atoms with Crippen LogP contribution in [0, 0.1) is 5.92 Å². The number of carbonyl (C=O) groups excluding carboxylic acids is 1. The quantitative estimate of drug-likeness (QED) is 0.907. The van der Waals surface area contributed by atoms with Gasteiger partial charge in [0.25, 0.3) is 0 Å². The maximum Gasteiger partial charge on any atom is 0.227 e. The highest BCUT2D eigenvalue weighted by Gasteiger charge is 2.29. The third-order valence-corrected chi connectivity index (χ3v) is 4.81. The molecule has 0 saturated carbocycles. The van der Waals surface area contributed by atoms with Gasteiger partial charge in [-0.05, 0) is 36.2 Å². The number of ether oxygens (including phenoxy) is 2. The van der Waals surface area contributed by atoms with Gasteiger partial charge in [0, 0.05) is 17.0 Å². The van der Waals surface area contributed by atoms with Gasteiger partial charge in [-0.3, -0.25) is 4.79 Å². The Kier molecular flexibility index (Phi) is 4.07. The molecule has 0 saturated heterocycles. The average Bonchev–Trinajstić information content (AvgIpc) is 2.61. The van der Waals surface area contributed by atoms with Gasteiger partial charge in [0.05, 0.1) is 18.6 Å². The molecule has 0 aliphatic carbocycles. The van der Waals surface area contributed by atoms with E-state index in [-0.39, 0.29) is 17.9 Å². The first-order valence-electron chi connectivity index (χ1n) is 8.14. The zero-order valence-corrected chi connectivity index (χ0v) is 13.9. The summed E-state index contributed by atoms with van der Waals surface area (Å²) in [5.74, 6) is 1.49. The molecule has 0 bridgehead atoms. The highest BCUT2D eigenvalue weighted by molar-refractivity contribution is 6.30. The van der Waals surface area contributed by atoms with Crippen molar-refractivity contribution >= 4 is 17.5 Å². The molecule has 2 heterocycles. The minimum Gasteiger partial charge on any atom is -0.493 e. The van der Waals surface area contributed by atoms with Crippen molar-refractivity contribution in [1.82, 2.24) is 5.32 Å². The van der Waals surface area contributed by atoms with E-state index >= 15 is 0 Å². The van der Waals surface area contributed by atoms with Crippen LogP contribution >= 0.6 is 11.6 Å². The summed E-state index contributed by atoms with van der Waals surface area (Å²) < 4.78 is 11.4. The molecule has 124 valence electrons. The van der Waals surface area contributed by atoms with E-state index in [9.17, 15) is 4.79 Å². The molecular formula is C19H18ClNO3. The molecule has 0 radical (unpaired) electrons. The summed E-state index contributed by atoms with van der Waals surface area (Å²) in [5.41, 5.74) is 2.03. The Hall–Kier alpha value is -2.20. The van der Waals surface area contributed by atoms with Gasteiger partial charge in [0.15, 0.2) is 0 Å². The Morgan fingerprint density at radius 1 is 1.12 bits per heavy atom. The van der Waals surface area contributed by atoms with Crippen LogP contribution < -0.4 is 14.8 Å². The summed E-state index contributed by atoms with van der Waals surface area (Å²) in [6.07, 6.45) is 1.42. The normalized spacial score (nSPS) is 21.7. The molecule has 2 aromatic carbocycles. The van der Waals surface area contributed by atoms with Crippen molar-refractivity contribution in [2.45, 2.75) is 18.9 Å². The molecule has 0 aromatic heterocycles. The lowest BCUT2D eigenvalue weighted by molar-refractivity contribution is -0.127. The second kappa shape index (κ2) is 6.36. The molecule has 4 rings (SSSR count). The largest absolute Gasteiger partial charge is 0.493 e. The Morgan fingerprint density at radius 3 is 2.92 bits per heavy atom. The minimum atomic E-state index is -0.203. The predicted octanol–water partition coefficient (Wildman–Crippen LogP) is 3.53. The van der Waals surface area contributed by atoms with Crippen molar-refractivity contribution < 1.29 is 14.3 Å². The first-order valence-corrected chi connectivity index (χ1v) is 8.52. The topological polar surface area (TPSA) is 47.6 Å². The number of nitrogens with one attached hydrogen (secondary N) is 1. The fourth-order valence-electron chi connectivity index (χ4n) is 3.31. The number of halogens is 1. The number of hydrogen-bond acceptors (Lipinski definition) is 3. The van der Waals surface area contributed by atoms with Crippen LogP contribution in [-0.4, -0.2) is 19.1 Å². The van der Waals surface area contributed by atoms with Gasteiger partial charge in [-0.25, -0.2) is 0 Å². The molecule has 2 aliphatic heterocycles. The van der Waals surface area contributed by atoms with Crippen LogP contribution in [0.2, 0.25) is 5.02 Å². The number of benzene rings is 2. The Morgan fingerprint density at radius 2 is 2.00 bits per heavy atom. The monoisotopic (exact) mass is 343 g/mol. The number of hydrogen-bond donors (Lipinski definition) is 1. The van der Waals surface area contributed by atoms with Crippen molar-refractivity contribution in [1.29, 1.82) is 0 Å². The molecule has 2 aromatic rings. The van der Waals surface area contributed by atoms with E-state index in [0.717, 1.165) is 29.0 Å². The SMILES string of the molecule is O=C(N[C@@H]1CCOc2ccccc21)[C@@H]1COc2ccc(Cl)cc2C1. The fourth-order valence-corrected chi connectivity index (χ4v) is 3.51. The maximum atomic E-state index is 12.7. The number of fused-ring (bicyclic) bond motifs is 2. The second-order valence-electron chi connectivity index (χ2n) is 6.20. The van der Waals surface area contributed by atoms with Crippen molar-refractivity contribution in [2.75, 3.05) is 13.2 Å². The Balaban J connectivity index is 1.48. The Labute approximate surface area is 145 Å². The molecule has 1 amide bonds. The standard InChI is InChI=1S/C19H18ClNO3/c20-14-5-6-17-12(10-14)9-13(11-24-17)19(22)21-16-7-8-23-18-4-2-1-3-15(16)18/h1-6,10,13,16H,7-9,11H2,(H,21,22)/t13-,16+/m0/s1. The van der Waals surface area contributed by atoms with Crippen molar-refractivity contribution in [2.24, 2.45) is 5.92 Å². The second-order valence-corrected chi connectivity index (χ2v) is 6.64. The third kappa shape index (κ3) is 2.94. The van der Waals surface area contributed by atoms with Crippen molar-refractivity contribution in [3.63, 3.8) is 0 Å². The van der Waals surface area contributed by atoms with Gasteiger partial charge in [-0.1, -0.05) is 29.8 Å². The fraction of sp³-hybridized carbons (Fsp3) is 0.316. The van der Waals surface area contributed by atoms with E-state index < -0.39 is 0 Å². The van der Waals surface area contributed by atoms with Gasteiger partial charge in [-0.2, -0.15) is 0 Å². The molecule has 5 heteroatoms. The first-order chi connectivity index (χ1) is 11.7. The van der Waals surface area contributed by atoms with Crippen LogP contribution in [0.4, 0.5) is 0 Å². The number of amides is 1. The molecule has 4 nitrogen and oxygen atoms in total. The zero-order valence-electron chi connectivity index (χ0n) is 13.1. The van der Waals surface area contributed by atoms with Gasteiger partial charge in [0.1, 0.15) is 18.1 Å². The lowest BCUT2D eigenvalue weighted by Gasteiger charge is -2.30. The summed E-state index contributed by atoms with van der Waals surface area (Å²) in [4.78, 5) is 12.7. The first kappa shape index (κ1) is 15.3. The molecule has 0 spiro atoms. The molecule has 2 atom stereocenters. The van der Waals surface area contributed by atoms with Crippen LogP contribution in [0.3, 0.4) is 0 Å². The van der Waals surface area contributed by atoms with Gasteiger partial charge in [0.2, 0.25) is 5.91 Å². The molecule has 1 N–H and O–H groups in total. The highest BCUT2D eigenvalue weighted by Crippen LogP contribution is 2.33. The van der Waals surface area contributed by atoms with Crippen molar-refractivity contribution in [3.8, 4) is 11.5 Å². The smallest absolute Gasteiger partial charge is 0.227 e. The van der Waals surface area contributed by atoms with E-state index in [4.69, 9.17) is 21.1 Å². The van der Waals surface area contributed by atoms with Crippen LogP contribution in [0.25, 0.3) is 0 Å². The van der Waals surface area contributed by atoms with Gasteiger partial charge >= 0.3 is 0 Å². The minimum absolute atomic E-state index is 0.0109. The van der Waals surface area contributed by atoms with Crippen LogP contribution in [-0.2, 0) is 11.2 Å². The molecule has 0 unspecified atom stereocenters. The molecular weight excluding hydrogens is 326 g/mol. The summed E-state index contributed by atoms with van der Waals surface area (Å²) in [6.45, 7) is 1.01. The van der Waals surface area contributed by atoms with E-state index in [1.54, 1.807) is 6.07 Å². The third-order valence-electron chi connectivity index (χ3n) is 4.57. The highest BCUT2D eigenvalue weighted by atomic mass is 35.5. The van der Waals surface area contributed by atoms with Crippen molar-refractivity contribution in [3.05, 3.63) is 58.6 Å². The molecule has 2 aliphatic rings. The van der Waals surface area contributed by atoms with E-state index in [1.807, 2.05) is 36.4 Å². The lowest BCUT2D eigenvalue weighted by Crippen LogP contribution is -2.40. The summed E-state index contributed by atoms with van der Waals surface area (Å²) in [5, 5.41) is 3.82. The summed E-state index contributed by atoms with van der Waals surface area (Å²) in [7, 11) is 0. The summed E-state index contributed by atoms with van der Waals surface area (Å²) >= 11 is 6.05. The predicted molar refractivity (Wildman–Crippen MR) is 91.6 cm³/mol. The molecule has 24 heavy (non-hydrogen) atoms. The van der Waals surface area contributed by atoms with Crippen LogP contribution in [0.1, 0.15) is 23.6 Å². The maximum absolute atomic E-state index is 12.7. The lowest BCUT2D eigenvalue weighted by atomic mass is 9.94. The van der Waals surface area contributed by atoms with Gasteiger partial charge < -0.3 is 14.8 Å². The van der Waals surface area contributed by atoms with E-state index in [1.165, 1.54) is 0 Å².